The molecule has 2 rings (SSSR count). The van der Waals surface area contributed by atoms with Gasteiger partial charge in [-0.05, 0) is 37.1 Å². The van der Waals surface area contributed by atoms with Gasteiger partial charge in [0.2, 0.25) is 15.9 Å². The number of hydrogen-bond acceptors (Lipinski definition) is 4. The van der Waals surface area contributed by atoms with Crippen molar-refractivity contribution >= 4 is 21.6 Å². The van der Waals surface area contributed by atoms with Crippen LogP contribution in [-0.2, 0) is 14.8 Å². The summed E-state index contributed by atoms with van der Waals surface area (Å²) in [5.74, 6) is -0.219. The summed E-state index contributed by atoms with van der Waals surface area (Å²) in [6.07, 6.45) is 0. The molecule has 0 aliphatic carbocycles. The minimum atomic E-state index is -3.57. The zero-order valence-corrected chi connectivity index (χ0v) is 17.7. The number of hydrogen-bond donors (Lipinski definition) is 2. The number of nitrogens with one attached hydrogen (secondary N) is 2. The molecule has 152 valence electrons. The lowest BCUT2D eigenvalue weighted by Crippen LogP contribution is -2.31. The van der Waals surface area contributed by atoms with Gasteiger partial charge in [-0.3, -0.25) is 4.79 Å². The van der Waals surface area contributed by atoms with Gasteiger partial charge in [0.15, 0.2) is 0 Å². The van der Waals surface area contributed by atoms with Crippen molar-refractivity contribution in [1.82, 2.24) is 9.62 Å². The van der Waals surface area contributed by atoms with Crippen LogP contribution in [0.2, 0.25) is 0 Å². The van der Waals surface area contributed by atoms with E-state index in [0.717, 1.165) is 11.1 Å². The molecule has 2 aromatic carbocycles. The number of aryl methyl sites for hydroxylation is 1. The van der Waals surface area contributed by atoms with Crippen LogP contribution in [0.4, 0.5) is 5.69 Å². The van der Waals surface area contributed by atoms with E-state index in [1.54, 1.807) is 26.0 Å². The second-order valence-electron chi connectivity index (χ2n) is 6.63. The maximum absolute atomic E-state index is 12.7. The lowest BCUT2D eigenvalue weighted by Gasteiger charge is -2.19. The van der Waals surface area contributed by atoms with E-state index in [4.69, 9.17) is 0 Å². The minimum Gasteiger partial charge on any atom is -0.325 e. The Morgan fingerprint density at radius 1 is 1.07 bits per heavy atom. The van der Waals surface area contributed by atoms with Gasteiger partial charge in [-0.25, -0.2) is 8.42 Å². The summed E-state index contributed by atoms with van der Waals surface area (Å²) in [6, 6.07) is 14.7. The fraction of sp³-hybridized carbons (Fsp3) is 0.381. The van der Waals surface area contributed by atoms with Gasteiger partial charge in [0, 0.05) is 24.8 Å². The third kappa shape index (κ3) is 5.41. The lowest BCUT2D eigenvalue weighted by molar-refractivity contribution is -0.115. The van der Waals surface area contributed by atoms with Gasteiger partial charge in [0.05, 0.1) is 11.4 Å². The predicted octanol–water partition coefficient (Wildman–Crippen LogP) is 3.31. The largest absolute Gasteiger partial charge is 0.325 e. The van der Waals surface area contributed by atoms with Crippen molar-refractivity contribution in [1.29, 1.82) is 0 Å². The Balaban J connectivity index is 2.08. The fourth-order valence-electron chi connectivity index (χ4n) is 2.91. The second kappa shape index (κ2) is 9.82. The molecule has 1 amide bonds. The van der Waals surface area contributed by atoms with Gasteiger partial charge >= 0.3 is 0 Å². The van der Waals surface area contributed by atoms with Crippen LogP contribution >= 0.6 is 0 Å². The van der Waals surface area contributed by atoms with E-state index in [0.29, 0.717) is 18.8 Å². The summed E-state index contributed by atoms with van der Waals surface area (Å²) in [7, 11) is -3.57. The topological polar surface area (TPSA) is 78.5 Å². The summed E-state index contributed by atoms with van der Waals surface area (Å²) >= 11 is 0. The van der Waals surface area contributed by atoms with Crippen molar-refractivity contribution in [3.8, 4) is 0 Å². The molecule has 0 unspecified atom stereocenters. The molecule has 0 aliphatic heterocycles. The molecule has 28 heavy (non-hydrogen) atoms. The van der Waals surface area contributed by atoms with Crippen LogP contribution in [0.25, 0.3) is 0 Å². The first-order valence-electron chi connectivity index (χ1n) is 9.48. The number of anilines is 1. The summed E-state index contributed by atoms with van der Waals surface area (Å²) in [4.78, 5) is 12.6. The molecule has 0 heterocycles. The molecule has 0 saturated heterocycles. The normalized spacial score (nSPS) is 12.8. The van der Waals surface area contributed by atoms with E-state index in [9.17, 15) is 13.2 Å². The van der Waals surface area contributed by atoms with Crippen LogP contribution in [-0.4, -0.2) is 38.3 Å². The zero-order valence-electron chi connectivity index (χ0n) is 16.9. The number of amides is 1. The van der Waals surface area contributed by atoms with Gasteiger partial charge in [-0.1, -0.05) is 50.2 Å². The maximum atomic E-state index is 12.7. The molecular weight excluding hydrogens is 374 g/mol. The van der Waals surface area contributed by atoms with Gasteiger partial charge in [0.1, 0.15) is 0 Å². The van der Waals surface area contributed by atoms with Crippen LogP contribution in [0, 0.1) is 6.92 Å². The van der Waals surface area contributed by atoms with E-state index < -0.39 is 10.0 Å². The van der Waals surface area contributed by atoms with E-state index in [-0.39, 0.29) is 23.4 Å². The average Bonchev–Trinajstić information content (AvgIpc) is 2.69. The third-order valence-electron chi connectivity index (χ3n) is 4.69. The number of nitrogens with zero attached hydrogens (tertiary/aromatic N) is 1. The lowest BCUT2D eigenvalue weighted by atomic mass is 10.1. The Labute approximate surface area is 168 Å². The van der Waals surface area contributed by atoms with Crippen LogP contribution in [0.1, 0.15) is 37.9 Å². The number of carbonyl (C=O) groups is 1. The first-order chi connectivity index (χ1) is 13.3. The standard InChI is InChI=1S/C21H29N3O3S/c1-5-24(6-2)28(26,27)19-13-12-16(3)20(14-19)23-21(25)15-22-17(4)18-10-8-7-9-11-18/h7-14,17,22H,5-6,15H2,1-4H3,(H,23,25)/t17-/m1/s1. The molecule has 2 N–H and O–H groups in total. The summed E-state index contributed by atoms with van der Waals surface area (Å²) < 4.78 is 26.8. The number of benzene rings is 2. The van der Waals surface area contributed by atoms with E-state index in [1.807, 2.05) is 44.2 Å². The molecule has 0 saturated carbocycles. The minimum absolute atomic E-state index is 0.0300. The van der Waals surface area contributed by atoms with Gasteiger partial charge in [-0.2, -0.15) is 4.31 Å². The highest BCUT2D eigenvalue weighted by molar-refractivity contribution is 7.89. The van der Waals surface area contributed by atoms with Crippen molar-refractivity contribution in [2.24, 2.45) is 0 Å². The van der Waals surface area contributed by atoms with E-state index in [2.05, 4.69) is 10.6 Å². The average molecular weight is 404 g/mol. The predicted molar refractivity (Wildman–Crippen MR) is 113 cm³/mol. The van der Waals surface area contributed by atoms with Gasteiger partial charge < -0.3 is 10.6 Å². The Morgan fingerprint density at radius 3 is 2.32 bits per heavy atom. The van der Waals surface area contributed by atoms with Crippen LogP contribution in [0.3, 0.4) is 0 Å². The molecule has 6 nitrogen and oxygen atoms in total. The van der Waals surface area contributed by atoms with Gasteiger partial charge in [0.25, 0.3) is 0 Å². The molecule has 0 fully saturated rings. The molecule has 0 radical (unpaired) electrons. The highest BCUT2D eigenvalue weighted by atomic mass is 32.2. The zero-order chi connectivity index (χ0) is 20.7. The van der Waals surface area contributed by atoms with E-state index in [1.165, 1.54) is 10.4 Å². The second-order valence-corrected chi connectivity index (χ2v) is 8.57. The quantitative estimate of drug-likeness (QED) is 0.673. The smallest absolute Gasteiger partial charge is 0.243 e. The van der Waals surface area contributed by atoms with Crippen LogP contribution < -0.4 is 10.6 Å². The Kier molecular flexibility index (Phi) is 7.74. The van der Waals surface area contributed by atoms with Crippen molar-refractivity contribution in [3.63, 3.8) is 0 Å². The van der Waals surface area contributed by atoms with Crippen molar-refractivity contribution < 1.29 is 13.2 Å². The van der Waals surface area contributed by atoms with Gasteiger partial charge in [-0.15, -0.1) is 0 Å². The molecule has 0 spiro atoms. The Morgan fingerprint density at radius 2 is 1.71 bits per heavy atom. The SMILES string of the molecule is CCN(CC)S(=O)(=O)c1ccc(C)c(NC(=O)CN[C@H](C)c2ccccc2)c1. The molecular formula is C21H29N3O3S. The fourth-order valence-corrected chi connectivity index (χ4v) is 4.39. The summed E-state index contributed by atoms with van der Waals surface area (Å²) in [5.41, 5.74) is 2.41. The first-order valence-corrected chi connectivity index (χ1v) is 10.9. The van der Waals surface area contributed by atoms with Crippen LogP contribution in [0.15, 0.2) is 53.4 Å². The Hall–Kier alpha value is -2.22. The monoisotopic (exact) mass is 403 g/mol. The molecule has 0 aliphatic rings. The van der Waals surface area contributed by atoms with Crippen molar-refractivity contribution in [3.05, 3.63) is 59.7 Å². The third-order valence-corrected chi connectivity index (χ3v) is 6.74. The number of carbonyl (C=O) groups excluding carboxylic acids is 1. The summed E-state index contributed by atoms with van der Waals surface area (Å²) in [6.45, 7) is 8.36. The first kappa shape index (κ1) is 22.1. The van der Waals surface area contributed by atoms with Crippen LogP contribution in [0.5, 0.6) is 0 Å². The Bertz CT molecular complexity index is 894. The van der Waals surface area contributed by atoms with E-state index >= 15 is 0 Å². The molecule has 0 bridgehead atoms. The molecule has 1 atom stereocenters. The molecule has 0 aromatic heterocycles. The highest BCUT2D eigenvalue weighted by Crippen LogP contribution is 2.23. The molecule has 7 heteroatoms. The van der Waals surface area contributed by atoms with Crippen molar-refractivity contribution in [2.45, 2.75) is 38.6 Å². The molecule has 2 aromatic rings. The van der Waals surface area contributed by atoms with Crippen molar-refractivity contribution in [2.75, 3.05) is 25.0 Å². The maximum Gasteiger partial charge on any atom is 0.243 e. The number of rotatable bonds is 9. The summed E-state index contributed by atoms with van der Waals surface area (Å²) in [5, 5.41) is 6.00. The number of sulfonamides is 1. The highest BCUT2D eigenvalue weighted by Gasteiger charge is 2.22.